The van der Waals surface area contributed by atoms with Gasteiger partial charge in [0.1, 0.15) is 11.5 Å². The van der Waals surface area contributed by atoms with Crippen LogP contribution in [0.15, 0.2) is 42.0 Å². The molecule has 1 aliphatic rings. The van der Waals surface area contributed by atoms with Gasteiger partial charge in [0.25, 0.3) is 0 Å². The number of methoxy groups -OCH3 is 1. The van der Waals surface area contributed by atoms with Gasteiger partial charge in [-0.25, -0.2) is 4.79 Å². The highest BCUT2D eigenvalue weighted by Crippen LogP contribution is 2.34. The Balaban J connectivity index is 0.000000319. The number of aliphatic hydroxyl groups excluding tert-OH is 1. The molecule has 0 spiro atoms. The summed E-state index contributed by atoms with van der Waals surface area (Å²) in [5, 5.41) is 10.3. The summed E-state index contributed by atoms with van der Waals surface area (Å²) < 4.78 is 9.80. The smallest absolute Gasteiger partial charge is 0.348 e. The first-order valence-electron chi connectivity index (χ1n) is 12.6. The highest BCUT2D eigenvalue weighted by Gasteiger charge is 2.15. The van der Waals surface area contributed by atoms with E-state index in [1.165, 1.54) is 68.5 Å². The number of hydrogen-bond donors (Lipinski definition) is 1. The van der Waals surface area contributed by atoms with Crippen LogP contribution >= 0.6 is 41.8 Å². The number of rotatable bonds is 11. The molecular weight excluding hydrogens is 603 g/mol. The quantitative estimate of drug-likeness (QED) is 0.0876. The van der Waals surface area contributed by atoms with E-state index in [2.05, 4.69) is 75.9 Å². The summed E-state index contributed by atoms with van der Waals surface area (Å²) in [5.74, 6) is 6.13. The van der Waals surface area contributed by atoms with Gasteiger partial charge in [0.05, 0.1) is 22.4 Å². The first kappa shape index (κ1) is 30.9. The van der Waals surface area contributed by atoms with Crippen LogP contribution in [0.3, 0.4) is 0 Å². The lowest BCUT2D eigenvalue weighted by Crippen LogP contribution is -1.97. The van der Waals surface area contributed by atoms with Gasteiger partial charge >= 0.3 is 5.97 Å². The zero-order valence-electron chi connectivity index (χ0n) is 21.5. The van der Waals surface area contributed by atoms with Gasteiger partial charge in [-0.15, -0.1) is 11.3 Å². The largest absolute Gasteiger partial charge is 0.465 e. The third kappa shape index (κ3) is 10.6. The fourth-order valence-corrected chi connectivity index (χ4v) is 5.54. The number of benzene rings is 1. The van der Waals surface area contributed by atoms with Gasteiger partial charge in [0, 0.05) is 31.7 Å². The lowest BCUT2D eigenvalue weighted by molar-refractivity contribution is 0.0606. The number of aryl methyl sites for hydroxylation is 1. The van der Waals surface area contributed by atoms with Crippen molar-refractivity contribution >= 4 is 53.3 Å². The van der Waals surface area contributed by atoms with Crippen LogP contribution in [0.5, 0.6) is 0 Å². The van der Waals surface area contributed by atoms with Gasteiger partial charge < -0.3 is 9.84 Å². The SMILES string of the molecule is CCCCCC(O)c1ccc(C2=C(C#CCOSI)CCC2)cc1.CCCc1ccc(C(=O)OC)s1. The summed E-state index contributed by atoms with van der Waals surface area (Å²) in [4.78, 5) is 13.0. The average molecular weight is 641 g/mol. The average Bonchev–Trinajstić information content (AvgIpc) is 3.57. The van der Waals surface area contributed by atoms with E-state index in [9.17, 15) is 9.90 Å². The standard InChI is InChI=1S/C20H25IO2S.C9H12O2S/c1-2-3-4-10-20(22)18-13-11-17(12-14-18)19-9-5-7-16(19)8-6-15-23-24-21;1-3-4-7-5-6-8(12-7)9(10)11-2/h11-14,20,22H,2-5,7,9-10,15H2,1H3;5-6H,3-4H2,1-2H3. The van der Waals surface area contributed by atoms with Crippen LogP contribution in [0.1, 0.15) is 97.0 Å². The molecule has 1 aromatic carbocycles. The summed E-state index contributed by atoms with van der Waals surface area (Å²) >= 11 is 3.62. The van der Waals surface area contributed by atoms with Crippen molar-refractivity contribution in [1.29, 1.82) is 0 Å². The van der Waals surface area contributed by atoms with E-state index >= 15 is 0 Å². The normalized spacial score (nSPS) is 13.5. The molecule has 1 N–H and O–H groups in total. The molecule has 0 saturated carbocycles. The predicted octanol–water partition coefficient (Wildman–Crippen LogP) is 8.74. The highest BCUT2D eigenvalue weighted by atomic mass is 127. The van der Waals surface area contributed by atoms with Crippen molar-refractivity contribution in [3.63, 3.8) is 0 Å². The second-order valence-electron chi connectivity index (χ2n) is 8.58. The lowest BCUT2D eigenvalue weighted by atomic mass is 9.97. The molecule has 0 bridgehead atoms. The van der Waals surface area contributed by atoms with Gasteiger partial charge in [0.2, 0.25) is 0 Å². The Hall–Kier alpha value is -1.31. The zero-order chi connectivity index (χ0) is 26.2. The number of unbranched alkanes of at least 4 members (excludes halogenated alkanes) is 2. The Bertz CT molecular complexity index is 1020. The van der Waals surface area contributed by atoms with Crippen LogP contribution in [-0.2, 0) is 15.3 Å². The molecule has 0 fully saturated rings. The number of esters is 1. The maximum Gasteiger partial charge on any atom is 0.348 e. The Kier molecular flexibility index (Phi) is 15.5. The molecule has 1 aliphatic carbocycles. The van der Waals surface area contributed by atoms with Crippen molar-refractivity contribution in [1.82, 2.24) is 0 Å². The molecule has 36 heavy (non-hydrogen) atoms. The molecule has 1 unspecified atom stereocenters. The van der Waals surface area contributed by atoms with Crippen LogP contribution in [-0.4, -0.2) is 24.8 Å². The summed E-state index contributed by atoms with van der Waals surface area (Å²) in [5.41, 5.74) is 4.86. The minimum atomic E-state index is -0.342. The maximum absolute atomic E-state index is 11.0. The van der Waals surface area contributed by atoms with Crippen molar-refractivity contribution in [3.05, 3.63) is 62.9 Å². The molecule has 1 aromatic heterocycles. The van der Waals surface area contributed by atoms with Crippen molar-refractivity contribution in [2.75, 3.05) is 13.7 Å². The van der Waals surface area contributed by atoms with Crippen LogP contribution in [0.4, 0.5) is 0 Å². The zero-order valence-corrected chi connectivity index (χ0v) is 25.3. The first-order chi connectivity index (χ1) is 17.5. The molecule has 1 atom stereocenters. The van der Waals surface area contributed by atoms with Gasteiger partial charge in [0.15, 0.2) is 0 Å². The number of allylic oxidation sites excluding steroid dienone is 2. The summed E-state index contributed by atoms with van der Waals surface area (Å²) in [6.45, 7) is 4.77. The molecule has 0 radical (unpaired) electrons. The van der Waals surface area contributed by atoms with E-state index in [0.717, 1.165) is 44.1 Å². The second-order valence-corrected chi connectivity index (χ2v) is 11.2. The minimum absolute atomic E-state index is 0.234. The van der Waals surface area contributed by atoms with Gasteiger partial charge in [-0.05, 0) is 60.9 Å². The molecule has 1 heterocycles. The number of hydrogen-bond acceptors (Lipinski definition) is 6. The summed E-state index contributed by atoms with van der Waals surface area (Å²) in [7, 11) is 2.72. The predicted molar refractivity (Wildman–Crippen MR) is 161 cm³/mol. The number of thiophene rings is 1. The molecule has 2 aromatic rings. The fourth-order valence-electron chi connectivity index (χ4n) is 4.02. The molecule has 3 rings (SSSR count). The summed E-state index contributed by atoms with van der Waals surface area (Å²) in [6, 6.07) is 12.2. The first-order valence-corrected chi connectivity index (χ1v) is 16.7. The van der Waals surface area contributed by atoms with Gasteiger partial charge in [-0.2, -0.15) is 0 Å². The summed E-state index contributed by atoms with van der Waals surface area (Å²) in [6.07, 6.45) is 9.43. The monoisotopic (exact) mass is 640 g/mol. The Morgan fingerprint density at radius 2 is 1.92 bits per heavy atom. The second kappa shape index (κ2) is 18.0. The van der Waals surface area contributed by atoms with Crippen LogP contribution in [0, 0.1) is 11.8 Å². The maximum atomic E-state index is 11.0. The van der Waals surface area contributed by atoms with E-state index in [0.29, 0.717) is 11.5 Å². The van der Waals surface area contributed by atoms with Crippen molar-refractivity contribution in [3.8, 4) is 11.8 Å². The molecule has 0 aliphatic heterocycles. The molecule has 0 saturated heterocycles. The van der Waals surface area contributed by atoms with Gasteiger partial charge in [-0.3, -0.25) is 4.18 Å². The molecule has 196 valence electrons. The Morgan fingerprint density at radius 3 is 2.58 bits per heavy atom. The third-order valence-electron chi connectivity index (χ3n) is 5.90. The van der Waals surface area contributed by atoms with Crippen molar-refractivity contribution in [2.45, 2.75) is 77.7 Å². The molecule has 0 amide bonds. The van der Waals surface area contributed by atoms with E-state index in [-0.39, 0.29) is 12.1 Å². The Labute approximate surface area is 237 Å². The molecule has 4 nitrogen and oxygen atoms in total. The molecule has 7 heteroatoms. The minimum Gasteiger partial charge on any atom is -0.465 e. The van der Waals surface area contributed by atoms with E-state index in [1.807, 2.05) is 12.1 Å². The number of carbonyl (C=O) groups excluding carboxylic acids is 1. The molecular formula is C29H37IO4S2. The van der Waals surface area contributed by atoms with E-state index < -0.39 is 0 Å². The third-order valence-corrected chi connectivity index (χ3v) is 8.00. The highest BCUT2D eigenvalue weighted by molar-refractivity contribution is 14.2. The van der Waals surface area contributed by atoms with Crippen molar-refractivity contribution < 1.29 is 18.8 Å². The fraction of sp³-hybridized carbons (Fsp3) is 0.483. The van der Waals surface area contributed by atoms with Crippen LogP contribution in [0.2, 0.25) is 0 Å². The van der Waals surface area contributed by atoms with Crippen molar-refractivity contribution in [2.24, 2.45) is 0 Å². The Morgan fingerprint density at radius 1 is 1.14 bits per heavy atom. The van der Waals surface area contributed by atoms with Crippen LogP contribution in [0.25, 0.3) is 5.57 Å². The lowest BCUT2D eigenvalue weighted by Gasteiger charge is -2.12. The topological polar surface area (TPSA) is 55.8 Å². The number of halogens is 1. The number of ether oxygens (including phenoxy) is 1. The van der Waals surface area contributed by atoms with E-state index in [4.69, 9.17) is 4.18 Å². The number of aliphatic hydroxyl groups is 1. The van der Waals surface area contributed by atoms with Crippen LogP contribution < -0.4 is 0 Å². The van der Waals surface area contributed by atoms with Gasteiger partial charge in [-0.1, -0.05) is 75.6 Å². The number of carbonyl (C=O) groups is 1. The van der Waals surface area contributed by atoms with E-state index in [1.54, 1.807) is 0 Å².